The lowest BCUT2D eigenvalue weighted by molar-refractivity contribution is 0.0901. The third-order valence-corrected chi connectivity index (χ3v) is 6.30. The van der Waals surface area contributed by atoms with E-state index < -0.39 is 5.91 Å². The molecule has 2 aromatic heterocycles. The number of methoxy groups -OCH3 is 2. The molecular formula is C25H22N2O4S. The summed E-state index contributed by atoms with van der Waals surface area (Å²) in [5.41, 5.74) is 3.60. The van der Waals surface area contributed by atoms with Gasteiger partial charge in [-0.25, -0.2) is 4.98 Å². The molecule has 0 spiro atoms. The third kappa shape index (κ3) is 4.20. The van der Waals surface area contributed by atoms with Gasteiger partial charge in [0, 0.05) is 26.6 Å². The highest BCUT2D eigenvalue weighted by molar-refractivity contribution is 7.18. The monoisotopic (exact) mass is 446 g/mol. The number of carbonyl (C=O) groups is 2. The van der Waals surface area contributed by atoms with Gasteiger partial charge in [0.05, 0.1) is 26.5 Å². The van der Waals surface area contributed by atoms with Gasteiger partial charge in [0.2, 0.25) is 0 Å². The quantitative estimate of drug-likeness (QED) is 0.409. The van der Waals surface area contributed by atoms with Crippen LogP contribution in [0.4, 0.5) is 0 Å². The van der Waals surface area contributed by atoms with E-state index in [0.717, 1.165) is 16.6 Å². The zero-order valence-corrected chi connectivity index (χ0v) is 18.8. The van der Waals surface area contributed by atoms with E-state index >= 15 is 0 Å². The number of fused-ring (bicyclic) bond motifs is 1. The molecule has 7 heteroatoms. The van der Waals surface area contributed by atoms with Crippen LogP contribution in [0.5, 0.6) is 11.5 Å². The lowest BCUT2D eigenvalue weighted by Gasteiger charge is -2.10. The minimum absolute atomic E-state index is 0.152. The highest BCUT2D eigenvalue weighted by Gasteiger charge is 2.15. The number of hydrogen-bond acceptors (Lipinski definition) is 6. The van der Waals surface area contributed by atoms with Gasteiger partial charge in [-0.3, -0.25) is 9.59 Å². The Hall–Kier alpha value is -3.71. The van der Waals surface area contributed by atoms with Crippen LogP contribution < -0.4 is 14.8 Å². The maximum absolute atomic E-state index is 12.7. The highest BCUT2D eigenvalue weighted by atomic mass is 32.1. The number of ketones is 1. The number of thiophene rings is 1. The number of rotatable bonds is 7. The zero-order chi connectivity index (χ0) is 22.7. The highest BCUT2D eigenvalue weighted by Crippen LogP contribution is 2.34. The smallest absolute Gasteiger partial charge is 0.270 e. The van der Waals surface area contributed by atoms with Gasteiger partial charge >= 0.3 is 0 Å². The Kier molecular flexibility index (Phi) is 6.18. The maximum Gasteiger partial charge on any atom is 0.270 e. The molecule has 4 aromatic rings. The Morgan fingerprint density at radius 1 is 1.00 bits per heavy atom. The van der Waals surface area contributed by atoms with Gasteiger partial charge in [0.25, 0.3) is 5.91 Å². The molecule has 0 aliphatic rings. The van der Waals surface area contributed by atoms with Crippen LogP contribution in [-0.2, 0) is 0 Å². The third-order valence-electron chi connectivity index (χ3n) is 5.17. The molecule has 0 atom stereocenters. The summed E-state index contributed by atoms with van der Waals surface area (Å²) in [4.78, 5) is 29.8. The number of nitrogens with one attached hydrogen (secondary N) is 1. The SMILES string of the molecule is COc1ccc(C(=O)CNC(=O)c2cccc(-c3csc4c(C)cccc34)n2)cc1OC. The van der Waals surface area contributed by atoms with Gasteiger partial charge < -0.3 is 14.8 Å². The molecule has 0 aliphatic carbocycles. The summed E-state index contributed by atoms with van der Waals surface area (Å²) in [6, 6.07) is 16.4. The van der Waals surface area contributed by atoms with Gasteiger partial charge in [-0.1, -0.05) is 24.3 Å². The molecule has 0 aliphatic heterocycles. The molecule has 0 radical (unpaired) electrons. The topological polar surface area (TPSA) is 77.5 Å². The summed E-state index contributed by atoms with van der Waals surface area (Å²) >= 11 is 1.66. The van der Waals surface area contributed by atoms with E-state index in [-0.39, 0.29) is 18.0 Å². The number of carbonyl (C=O) groups excluding carboxylic acids is 2. The number of Topliss-reactive ketones (excluding diaryl/α,β-unsaturated/α-hetero) is 1. The molecular weight excluding hydrogens is 424 g/mol. The van der Waals surface area contributed by atoms with Gasteiger partial charge in [-0.2, -0.15) is 0 Å². The number of pyridine rings is 1. The summed E-state index contributed by atoms with van der Waals surface area (Å²) in [5.74, 6) is 0.341. The van der Waals surface area contributed by atoms with E-state index in [1.807, 2.05) is 12.1 Å². The number of amides is 1. The Morgan fingerprint density at radius 2 is 1.78 bits per heavy atom. The van der Waals surface area contributed by atoms with Crippen LogP contribution in [0, 0.1) is 6.92 Å². The molecule has 2 heterocycles. The van der Waals surface area contributed by atoms with Gasteiger partial charge in [0.1, 0.15) is 5.69 Å². The first-order valence-corrected chi connectivity index (χ1v) is 10.9. The molecule has 0 saturated carbocycles. The molecule has 1 N–H and O–H groups in total. The van der Waals surface area contributed by atoms with Crippen molar-refractivity contribution in [2.24, 2.45) is 0 Å². The van der Waals surface area contributed by atoms with Crippen LogP contribution in [0.1, 0.15) is 26.4 Å². The van der Waals surface area contributed by atoms with E-state index in [4.69, 9.17) is 9.47 Å². The molecule has 0 unspecified atom stereocenters. The number of nitrogens with zero attached hydrogens (tertiary/aromatic N) is 1. The second-order valence-corrected chi connectivity index (χ2v) is 8.06. The Labute approximate surface area is 189 Å². The Balaban J connectivity index is 1.50. The second kappa shape index (κ2) is 9.20. The first kappa shape index (κ1) is 21.5. The first-order valence-electron chi connectivity index (χ1n) is 9.99. The van der Waals surface area contributed by atoms with Crippen LogP contribution in [0.2, 0.25) is 0 Å². The fourth-order valence-corrected chi connectivity index (χ4v) is 4.52. The van der Waals surface area contributed by atoms with E-state index in [1.165, 1.54) is 24.5 Å². The van der Waals surface area contributed by atoms with Crippen LogP contribution in [0.3, 0.4) is 0 Å². The zero-order valence-electron chi connectivity index (χ0n) is 18.0. The summed E-state index contributed by atoms with van der Waals surface area (Å²) < 4.78 is 11.6. The van der Waals surface area contributed by atoms with E-state index in [9.17, 15) is 9.59 Å². The molecule has 1 amide bonds. The molecule has 0 fully saturated rings. The Bertz CT molecular complexity index is 1310. The van der Waals surface area contributed by atoms with E-state index in [1.54, 1.807) is 41.7 Å². The van der Waals surface area contributed by atoms with Crippen LogP contribution in [-0.4, -0.2) is 37.4 Å². The minimum Gasteiger partial charge on any atom is -0.493 e. The van der Waals surface area contributed by atoms with Crippen LogP contribution in [0.25, 0.3) is 21.3 Å². The molecule has 6 nitrogen and oxygen atoms in total. The predicted octanol–water partition coefficient (Wildman–Crippen LogP) is 4.90. The van der Waals surface area contributed by atoms with Crippen molar-refractivity contribution in [1.29, 1.82) is 0 Å². The molecule has 0 saturated heterocycles. The van der Waals surface area contributed by atoms with E-state index in [0.29, 0.717) is 17.1 Å². The number of aryl methyl sites for hydroxylation is 1. The van der Waals surface area contributed by atoms with Crippen molar-refractivity contribution in [1.82, 2.24) is 10.3 Å². The molecule has 0 bridgehead atoms. The first-order chi connectivity index (χ1) is 15.5. The summed E-state index contributed by atoms with van der Waals surface area (Å²) in [6.45, 7) is 1.93. The van der Waals surface area contributed by atoms with Gasteiger partial charge in [0.15, 0.2) is 17.3 Å². The van der Waals surface area contributed by atoms with Crippen molar-refractivity contribution in [3.05, 3.63) is 76.8 Å². The number of hydrogen-bond donors (Lipinski definition) is 1. The average Bonchev–Trinajstić information content (AvgIpc) is 3.27. The fourth-order valence-electron chi connectivity index (χ4n) is 3.47. The predicted molar refractivity (Wildman–Crippen MR) is 126 cm³/mol. The molecule has 162 valence electrons. The van der Waals surface area contributed by atoms with Crippen molar-refractivity contribution in [3.8, 4) is 22.8 Å². The molecule has 2 aromatic carbocycles. The lowest BCUT2D eigenvalue weighted by atomic mass is 10.1. The largest absolute Gasteiger partial charge is 0.493 e. The van der Waals surface area contributed by atoms with Gasteiger partial charge in [-0.05, 0) is 42.8 Å². The maximum atomic E-state index is 12.7. The minimum atomic E-state index is -0.406. The standard InChI is InChI=1S/C25H22N2O4S/c1-15-6-4-7-17-18(14-32-24(15)17)19-8-5-9-20(27-19)25(29)26-13-21(28)16-10-11-22(30-2)23(12-16)31-3/h4-12,14H,13H2,1-3H3,(H,26,29). The second-order valence-electron chi connectivity index (χ2n) is 7.18. The van der Waals surface area contributed by atoms with E-state index in [2.05, 4.69) is 34.7 Å². The normalized spacial score (nSPS) is 10.7. The summed E-state index contributed by atoms with van der Waals surface area (Å²) in [7, 11) is 3.03. The van der Waals surface area contributed by atoms with Crippen molar-refractivity contribution < 1.29 is 19.1 Å². The van der Waals surface area contributed by atoms with Gasteiger partial charge in [-0.15, -0.1) is 11.3 Å². The van der Waals surface area contributed by atoms with Crippen molar-refractivity contribution in [2.75, 3.05) is 20.8 Å². The van der Waals surface area contributed by atoms with Crippen LogP contribution in [0.15, 0.2) is 60.0 Å². The summed E-state index contributed by atoms with van der Waals surface area (Å²) in [5, 5.41) is 5.83. The average molecular weight is 447 g/mol. The number of benzene rings is 2. The fraction of sp³-hybridized carbons (Fsp3) is 0.160. The van der Waals surface area contributed by atoms with Crippen LogP contribution >= 0.6 is 11.3 Å². The van der Waals surface area contributed by atoms with Crippen molar-refractivity contribution >= 4 is 33.1 Å². The number of aromatic nitrogens is 1. The number of ether oxygens (including phenoxy) is 2. The molecule has 4 rings (SSSR count). The Morgan fingerprint density at radius 3 is 2.56 bits per heavy atom. The molecule has 32 heavy (non-hydrogen) atoms. The van der Waals surface area contributed by atoms with Crippen molar-refractivity contribution in [3.63, 3.8) is 0 Å². The lowest BCUT2D eigenvalue weighted by Crippen LogP contribution is -2.30. The summed E-state index contributed by atoms with van der Waals surface area (Å²) in [6.07, 6.45) is 0. The van der Waals surface area contributed by atoms with Crippen molar-refractivity contribution in [2.45, 2.75) is 6.92 Å².